The van der Waals surface area contributed by atoms with Crippen LogP contribution in [0.1, 0.15) is 36.8 Å². The first-order valence-corrected chi connectivity index (χ1v) is 6.32. The minimum Gasteiger partial charge on any atom is -0.411 e. The molecule has 0 atom stereocenters. The summed E-state index contributed by atoms with van der Waals surface area (Å²) in [6.07, 6.45) is 3.75. The summed E-state index contributed by atoms with van der Waals surface area (Å²) in [6, 6.07) is 7.79. The Hall–Kier alpha value is -1.39. The van der Waals surface area contributed by atoms with Gasteiger partial charge >= 0.3 is 0 Å². The molecule has 0 spiro atoms. The maximum Gasteiger partial charge on any atom is 0.0720 e. The Morgan fingerprint density at radius 1 is 1.11 bits per heavy atom. The monoisotopic (exact) mass is 249 g/mol. The summed E-state index contributed by atoms with van der Waals surface area (Å²) in [5.74, 6) is 0. The van der Waals surface area contributed by atoms with Crippen LogP contribution in [0.5, 0.6) is 0 Å². The van der Waals surface area contributed by atoms with Gasteiger partial charge in [-0.15, -0.1) is 0 Å². The molecule has 2 rings (SSSR count). The van der Waals surface area contributed by atoms with E-state index in [1.807, 2.05) is 24.3 Å². The molecule has 1 aliphatic rings. The number of rotatable bonds is 4. The van der Waals surface area contributed by atoms with Gasteiger partial charge in [0.2, 0.25) is 0 Å². The topological polar surface area (TPSA) is 62.0 Å². The summed E-state index contributed by atoms with van der Waals surface area (Å²) in [7, 11) is 0. The van der Waals surface area contributed by atoms with E-state index in [1.54, 1.807) is 0 Å². The van der Waals surface area contributed by atoms with Crippen molar-refractivity contribution in [1.29, 1.82) is 0 Å². The molecule has 0 amide bonds. The summed E-state index contributed by atoms with van der Waals surface area (Å²) in [4.78, 5) is 0. The van der Waals surface area contributed by atoms with E-state index in [-0.39, 0.29) is 12.7 Å². The molecule has 0 aromatic heterocycles. The van der Waals surface area contributed by atoms with Crippen molar-refractivity contribution >= 4 is 5.71 Å². The highest BCUT2D eigenvalue weighted by Gasteiger charge is 2.18. The Morgan fingerprint density at radius 2 is 1.72 bits per heavy atom. The van der Waals surface area contributed by atoms with Crippen LogP contribution in [0.15, 0.2) is 29.4 Å². The lowest BCUT2D eigenvalue weighted by molar-refractivity contribution is 0.0277. The first-order chi connectivity index (χ1) is 8.81. The lowest BCUT2D eigenvalue weighted by Crippen LogP contribution is -2.21. The standard InChI is InChI=1S/C14H19NO3/c16-9-11-1-3-12(4-2-11)10-18-14-7-5-13(15-17)6-8-14/h1-4,14,16-17H,5-10H2. The van der Waals surface area contributed by atoms with E-state index in [2.05, 4.69) is 5.16 Å². The molecule has 18 heavy (non-hydrogen) atoms. The number of nitrogens with zero attached hydrogens (tertiary/aromatic N) is 1. The molecular formula is C14H19NO3. The molecule has 0 heterocycles. The zero-order valence-corrected chi connectivity index (χ0v) is 10.4. The fraction of sp³-hybridized carbons (Fsp3) is 0.500. The fourth-order valence-corrected chi connectivity index (χ4v) is 2.15. The van der Waals surface area contributed by atoms with Gasteiger partial charge in [0.15, 0.2) is 0 Å². The lowest BCUT2D eigenvalue weighted by Gasteiger charge is -2.22. The zero-order chi connectivity index (χ0) is 12.8. The number of aliphatic hydroxyl groups is 1. The van der Waals surface area contributed by atoms with E-state index in [9.17, 15) is 0 Å². The minimum atomic E-state index is 0.0764. The largest absolute Gasteiger partial charge is 0.411 e. The number of oxime groups is 1. The van der Waals surface area contributed by atoms with Crippen molar-refractivity contribution in [3.63, 3.8) is 0 Å². The van der Waals surface area contributed by atoms with Gasteiger partial charge in [-0.3, -0.25) is 0 Å². The third-order valence-corrected chi connectivity index (χ3v) is 3.34. The van der Waals surface area contributed by atoms with Crippen LogP contribution in [0.2, 0.25) is 0 Å². The molecule has 0 bridgehead atoms. The first kappa shape index (κ1) is 13.1. The Kier molecular flexibility index (Phi) is 4.73. The quantitative estimate of drug-likeness (QED) is 0.636. The average molecular weight is 249 g/mol. The van der Waals surface area contributed by atoms with Crippen LogP contribution in [0.25, 0.3) is 0 Å². The predicted molar refractivity (Wildman–Crippen MR) is 68.6 cm³/mol. The summed E-state index contributed by atoms with van der Waals surface area (Å²) in [5, 5.41) is 20.9. The number of hydrogen-bond acceptors (Lipinski definition) is 4. The van der Waals surface area contributed by atoms with Gasteiger partial charge in [0, 0.05) is 0 Å². The maximum absolute atomic E-state index is 8.95. The highest BCUT2D eigenvalue weighted by atomic mass is 16.5. The molecule has 0 saturated heterocycles. The van der Waals surface area contributed by atoms with Crippen LogP contribution >= 0.6 is 0 Å². The molecule has 1 aromatic carbocycles. The molecule has 98 valence electrons. The molecule has 4 heteroatoms. The molecule has 2 N–H and O–H groups in total. The SMILES string of the molecule is OCc1ccc(COC2CCC(=NO)CC2)cc1. The van der Waals surface area contributed by atoms with Crippen molar-refractivity contribution in [1.82, 2.24) is 0 Å². The van der Waals surface area contributed by atoms with Gasteiger partial charge in [0.25, 0.3) is 0 Å². The van der Waals surface area contributed by atoms with E-state index >= 15 is 0 Å². The highest BCUT2D eigenvalue weighted by molar-refractivity contribution is 5.84. The second-order valence-electron chi connectivity index (χ2n) is 4.65. The van der Waals surface area contributed by atoms with Crippen LogP contribution in [0.4, 0.5) is 0 Å². The van der Waals surface area contributed by atoms with E-state index in [1.165, 1.54) is 0 Å². The molecule has 1 saturated carbocycles. The molecular weight excluding hydrogens is 230 g/mol. The maximum atomic E-state index is 8.95. The summed E-state index contributed by atoms with van der Waals surface area (Å²) < 4.78 is 5.84. The van der Waals surface area contributed by atoms with Gasteiger partial charge in [0.05, 0.1) is 25.0 Å². The van der Waals surface area contributed by atoms with Crippen molar-refractivity contribution in [3.05, 3.63) is 35.4 Å². The van der Waals surface area contributed by atoms with E-state index < -0.39 is 0 Å². The van der Waals surface area contributed by atoms with Gasteiger partial charge in [-0.05, 0) is 36.8 Å². The van der Waals surface area contributed by atoms with Gasteiger partial charge < -0.3 is 15.1 Å². The number of ether oxygens (including phenoxy) is 1. The predicted octanol–water partition coefficient (Wildman–Crippen LogP) is 2.47. The van der Waals surface area contributed by atoms with Crippen molar-refractivity contribution in [2.45, 2.75) is 45.0 Å². The zero-order valence-electron chi connectivity index (χ0n) is 10.4. The third kappa shape index (κ3) is 3.55. The van der Waals surface area contributed by atoms with Gasteiger partial charge in [0.1, 0.15) is 0 Å². The summed E-state index contributed by atoms with van der Waals surface area (Å²) in [5.41, 5.74) is 2.91. The Balaban J connectivity index is 1.77. The van der Waals surface area contributed by atoms with Crippen molar-refractivity contribution in [2.75, 3.05) is 0 Å². The van der Waals surface area contributed by atoms with E-state index in [0.29, 0.717) is 6.61 Å². The highest BCUT2D eigenvalue weighted by Crippen LogP contribution is 2.20. The van der Waals surface area contributed by atoms with Gasteiger partial charge in [-0.2, -0.15) is 0 Å². The number of benzene rings is 1. The first-order valence-electron chi connectivity index (χ1n) is 6.32. The summed E-state index contributed by atoms with van der Waals surface area (Å²) in [6.45, 7) is 0.676. The van der Waals surface area contributed by atoms with Crippen molar-refractivity contribution in [3.8, 4) is 0 Å². The molecule has 0 radical (unpaired) electrons. The summed E-state index contributed by atoms with van der Waals surface area (Å²) >= 11 is 0. The van der Waals surface area contributed by atoms with Gasteiger partial charge in [-0.25, -0.2) is 0 Å². The molecule has 0 aliphatic heterocycles. The normalized spacial score (nSPS) is 19.8. The van der Waals surface area contributed by atoms with Crippen LogP contribution in [0, 0.1) is 0 Å². The minimum absolute atomic E-state index is 0.0764. The van der Waals surface area contributed by atoms with E-state index in [0.717, 1.165) is 42.5 Å². The number of hydrogen-bond donors (Lipinski definition) is 2. The smallest absolute Gasteiger partial charge is 0.0720 e. The van der Waals surface area contributed by atoms with Crippen LogP contribution < -0.4 is 0 Å². The Bertz CT molecular complexity index is 390. The molecule has 1 aromatic rings. The van der Waals surface area contributed by atoms with Crippen LogP contribution in [-0.4, -0.2) is 22.1 Å². The number of aliphatic hydroxyl groups excluding tert-OH is 1. The molecule has 4 nitrogen and oxygen atoms in total. The Labute approximate surface area is 107 Å². The second-order valence-corrected chi connectivity index (χ2v) is 4.65. The fourth-order valence-electron chi connectivity index (χ4n) is 2.15. The molecule has 0 unspecified atom stereocenters. The second kappa shape index (κ2) is 6.52. The van der Waals surface area contributed by atoms with Crippen LogP contribution in [0.3, 0.4) is 0 Å². The molecule has 1 aliphatic carbocycles. The van der Waals surface area contributed by atoms with Crippen molar-refractivity contribution < 1.29 is 15.1 Å². The van der Waals surface area contributed by atoms with Crippen molar-refractivity contribution in [2.24, 2.45) is 5.16 Å². The average Bonchev–Trinajstić information content (AvgIpc) is 2.46. The molecule has 1 fully saturated rings. The van der Waals surface area contributed by atoms with Gasteiger partial charge in [-0.1, -0.05) is 29.4 Å². The third-order valence-electron chi connectivity index (χ3n) is 3.34. The Morgan fingerprint density at radius 3 is 2.28 bits per heavy atom. The van der Waals surface area contributed by atoms with E-state index in [4.69, 9.17) is 15.1 Å². The van der Waals surface area contributed by atoms with Crippen LogP contribution in [-0.2, 0) is 18.0 Å². The lowest BCUT2D eigenvalue weighted by atomic mass is 9.96.